The molecule has 98 valence electrons. The quantitative estimate of drug-likeness (QED) is 0.690. The standard InChI is InChI=1S/C13H14ClN5/c1-9(14)13-16-11-7-15-5-3-12(11)19(13)8-10-4-6-18(2)17-10/h3-7,9H,8H2,1-2H3. The van der Waals surface area contributed by atoms with Crippen molar-refractivity contribution in [2.24, 2.45) is 7.05 Å². The lowest BCUT2D eigenvalue weighted by atomic mass is 10.3. The Morgan fingerprint density at radius 2 is 2.21 bits per heavy atom. The van der Waals surface area contributed by atoms with Gasteiger partial charge < -0.3 is 4.57 Å². The molecule has 3 rings (SSSR count). The second kappa shape index (κ2) is 4.66. The van der Waals surface area contributed by atoms with Crippen molar-refractivity contribution in [2.45, 2.75) is 18.8 Å². The average molecular weight is 276 g/mol. The molecular formula is C13H14ClN5. The third-order valence-corrected chi connectivity index (χ3v) is 3.22. The zero-order chi connectivity index (χ0) is 13.4. The van der Waals surface area contributed by atoms with Crippen molar-refractivity contribution >= 4 is 22.6 Å². The van der Waals surface area contributed by atoms with Crippen LogP contribution >= 0.6 is 11.6 Å². The number of fused-ring (bicyclic) bond motifs is 1. The molecule has 0 saturated heterocycles. The molecule has 0 radical (unpaired) electrons. The summed E-state index contributed by atoms with van der Waals surface area (Å²) in [4.78, 5) is 8.65. The molecule has 0 bridgehead atoms. The Morgan fingerprint density at radius 1 is 1.37 bits per heavy atom. The van der Waals surface area contributed by atoms with E-state index in [4.69, 9.17) is 11.6 Å². The molecule has 1 unspecified atom stereocenters. The maximum Gasteiger partial charge on any atom is 0.128 e. The van der Waals surface area contributed by atoms with E-state index in [0.717, 1.165) is 22.6 Å². The molecule has 0 amide bonds. The van der Waals surface area contributed by atoms with Gasteiger partial charge in [-0.2, -0.15) is 5.10 Å². The Bertz CT molecular complexity index is 713. The number of aromatic nitrogens is 5. The first-order valence-corrected chi connectivity index (χ1v) is 6.51. The fourth-order valence-corrected chi connectivity index (χ4v) is 2.35. The van der Waals surface area contributed by atoms with Crippen LogP contribution in [-0.2, 0) is 13.6 Å². The molecule has 3 aromatic rings. The SMILES string of the molecule is CC(Cl)c1nc2cnccc2n1Cc1ccn(C)n1. The van der Waals surface area contributed by atoms with E-state index in [1.807, 2.05) is 32.3 Å². The summed E-state index contributed by atoms with van der Waals surface area (Å²) in [6.45, 7) is 2.58. The summed E-state index contributed by atoms with van der Waals surface area (Å²) in [5, 5.41) is 4.25. The number of alkyl halides is 1. The maximum absolute atomic E-state index is 6.22. The summed E-state index contributed by atoms with van der Waals surface area (Å²) in [5.41, 5.74) is 2.88. The highest BCUT2D eigenvalue weighted by Gasteiger charge is 2.15. The first-order chi connectivity index (χ1) is 9.15. The van der Waals surface area contributed by atoms with Crippen LogP contribution in [0.5, 0.6) is 0 Å². The van der Waals surface area contributed by atoms with Crippen LogP contribution in [0.15, 0.2) is 30.7 Å². The Labute approximate surface area is 115 Å². The largest absolute Gasteiger partial charge is 0.320 e. The van der Waals surface area contributed by atoms with Gasteiger partial charge in [-0.1, -0.05) is 0 Å². The summed E-state index contributed by atoms with van der Waals surface area (Å²) in [6, 6.07) is 3.95. The van der Waals surface area contributed by atoms with Gasteiger partial charge in [0.1, 0.15) is 11.3 Å². The van der Waals surface area contributed by atoms with Crippen molar-refractivity contribution in [3.05, 3.63) is 42.2 Å². The molecule has 0 spiro atoms. The zero-order valence-corrected chi connectivity index (χ0v) is 11.5. The molecule has 1 atom stereocenters. The molecule has 0 aliphatic carbocycles. The van der Waals surface area contributed by atoms with Crippen molar-refractivity contribution in [3.8, 4) is 0 Å². The van der Waals surface area contributed by atoms with Crippen LogP contribution in [0.4, 0.5) is 0 Å². The second-order valence-electron chi connectivity index (χ2n) is 4.52. The monoisotopic (exact) mass is 275 g/mol. The molecule has 3 aromatic heterocycles. The minimum Gasteiger partial charge on any atom is -0.320 e. The number of hydrogen-bond donors (Lipinski definition) is 0. The Balaban J connectivity index is 2.12. The number of nitrogens with zero attached hydrogens (tertiary/aromatic N) is 5. The fraction of sp³-hybridized carbons (Fsp3) is 0.308. The first-order valence-electron chi connectivity index (χ1n) is 6.08. The topological polar surface area (TPSA) is 48.5 Å². The van der Waals surface area contributed by atoms with Crippen LogP contribution in [-0.4, -0.2) is 24.3 Å². The molecule has 5 nitrogen and oxygen atoms in total. The van der Waals surface area contributed by atoms with Gasteiger partial charge in [-0.25, -0.2) is 4.98 Å². The van der Waals surface area contributed by atoms with Gasteiger partial charge in [0.2, 0.25) is 0 Å². The van der Waals surface area contributed by atoms with Gasteiger partial charge in [0.15, 0.2) is 0 Å². The molecule has 19 heavy (non-hydrogen) atoms. The second-order valence-corrected chi connectivity index (χ2v) is 5.17. The lowest BCUT2D eigenvalue weighted by molar-refractivity contribution is 0.689. The Hall–Kier alpha value is -1.88. The van der Waals surface area contributed by atoms with Crippen LogP contribution < -0.4 is 0 Å². The van der Waals surface area contributed by atoms with Crippen molar-refractivity contribution < 1.29 is 0 Å². The molecule has 0 fully saturated rings. The van der Waals surface area contributed by atoms with Crippen molar-refractivity contribution in [2.75, 3.05) is 0 Å². The summed E-state index contributed by atoms with van der Waals surface area (Å²) in [5.74, 6) is 0.843. The number of hydrogen-bond acceptors (Lipinski definition) is 3. The van der Waals surface area contributed by atoms with E-state index >= 15 is 0 Å². The van der Waals surface area contributed by atoms with Gasteiger partial charge in [0.05, 0.1) is 29.3 Å². The van der Waals surface area contributed by atoms with Gasteiger partial charge in [-0.15, -0.1) is 11.6 Å². The lowest BCUT2D eigenvalue weighted by Crippen LogP contribution is -2.06. The van der Waals surface area contributed by atoms with Crippen molar-refractivity contribution in [1.29, 1.82) is 0 Å². The normalized spacial score (nSPS) is 13.0. The third kappa shape index (κ3) is 2.21. The van der Waals surface area contributed by atoms with Crippen LogP contribution in [0, 0.1) is 0 Å². The van der Waals surface area contributed by atoms with E-state index in [1.165, 1.54) is 0 Å². The summed E-state index contributed by atoms with van der Waals surface area (Å²) in [6.07, 6.45) is 5.45. The first kappa shape index (κ1) is 12.2. The van der Waals surface area contributed by atoms with Crippen LogP contribution in [0.25, 0.3) is 11.0 Å². The highest BCUT2D eigenvalue weighted by Crippen LogP contribution is 2.24. The fourth-order valence-electron chi connectivity index (χ4n) is 2.18. The molecule has 0 aliphatic rings. The molecule has 3 heterocycles. The highest BCUT2D eigenvalue weighted by atomic mass is 35.5. The Morgan fingerprint density at radius 3 is 2.89 bits per heavy atom. The van der Waals surface area contributed by atoms with Gasteiger partial charge in [0, 0.05) is 19.4 Å². The van der Waals surface area contributed by atoms with Crippen molar-refractivity contribution in [1.82, 2.24) is 24.3 Å². The molecule has 0 aromatic carbocycles. The molecular weight excluding hydrogens is 262 g/mol. The van der Waals surface area contributed by atoms with E-state index in [-0.39, 0.29) is 5.38 Å². The van der Waals surface area contributed by atoms with Gasteiger partial charge >= 0.3 is 0 Å². The number of rotatable bonds is 3. The van der Waals surface area contributed by atoms with E-state index in [9.17, 15) is 0 Å². The lowest BCUT2D eigenvalue weighted by Gasteiger charge is -2.08. The van der Waals surface area contributed by atoms with Crippen LogP contribution in [0.1, 0.15) is 23.8 Å². The van der Waals surface area contributed by atoms with E-state index < -0.39 is 0 Å². The number of aryl methyl sites for hydroxylation is 1. The van der Waals surface area contributed by atoms with Crippen LogP contribution in [0.2, 0.25) is 0 Å². The highest BCUT2D eigenvalue weighted by molar-refractivity contribution is 6.20. The average Bonchev–Trinajstić information content (AvgIpc) is 2.95. The summed E-state index contributed by atoms with van der Waals surface area (Å²) in [7, 11) is 1.91. The Kier molecular flexibility index (Phi) is 2.98. The molecule has 0 N–H and O–H groups in total. The van der Waals surface area contributed by atoms with E-state index in [0.29, 0.717) is 6.54 Å². The predicted molar refractivity (Wildman–Crippen MR) is 74.1 cm³/mol. The van der Waals surface area contributed by atoms with Crippen molar-refractivity contribution in [3.63, 3.8) is 0 Å². The molecule has 0 saturated carbocycles. The summed E-state index contributed by atoms with van der Waals surface area (Å²) >= 11 is 6.22. The molecule has 6 heteroatoms. The van der Waals surface area contributed by atoms with Gasteiger partial charge in [0.25, 0.3) is 0 Å². The summed E-state index contributed by atoms with van der Waals surface area (Å²) < 4.78 is 3.89. The third-order valence-electron chi connectivity index (χ3n) is 3.02. The van der Waals surface area contributed by atoms with E-state index in [2.05, 4.69) is 19.6 Å². The van der Waals surface area contributed by atoms with Gasteiger partial charge in [-0.05, 0) is 19.1 Å². The number of pyridine rings is 1. The molecule has 0 aliphatic heterocycles. The zero-order valence-electron chi connectivity index (χ0n) is 10.8. The van der Waals surface area contributed by atoms with Crippen LogP contribution in [0.3, 0.4) is 0 Å². The van der Waals surface area contributed by atoms with Gasteiger partial charge in [-0.3, -0.25) is 9.67 Å². The minimum absolute atomic E-state index is 0.156. The smallest absolute Gasteiger partial charge is 0.128 e. The van der Waals surface area contributed by atoms with E-state index in [1.54, 1.807) is 17.1 Å². The minimum atomic E-state index is -0.156. The number of halogens is 1. The number of imidazole rings is 1. The maximum atomic E-state index is 6.22. The predicted octanol–water partition coefficient (Wildman–Crippen LogP) is 2.51.